The molecule has 2 heteroatoms. The quantitative estimate of drug-likeness (QED) is 0.676. The lowest BCUT2D eigenvalue weighted by molar-refractivity contribution is 0.373. The van der Waals surface area contributed by atoms with Gasteiger partial charge in [0.1, 0.15) is 0 Å². The monoisotopic (exact) mass is 336 g/mol. The standard InChI is InChI=1S/C23H28O2/c1-17(2)8-10-19-6-5-7-21(15-19)14-18(3)9-11-20-12-13-22(24)23(16-20)25-4/h5-13,15-18,24H,14H2,1-4H3/b10-8+,11-9?. The predicted octanol–water partition coefficient (Wildman–Crippen LogP) is 5.96. The number of benzene rings is 2. The maximum Gasteiger partial charge on any atom is 0.161 e. The van der Waals surface area contributed by atoms with Gasteiger partial charge in [0.05, 0.1) is 7.11 Å². The van der Waals surface area contributed by atoms with Gasteiger partial charge in [0.2, 0.25) is 0 Å². The molecule has 0 aliphatic heterocycles. The lowest BCUT2D eigenvalue weighted by Crippen LogP contribution is -1.96. The molecule has 1 N–H and O–H groups in total. The van der Waals surface area contributed by atoms with E-state index in [1.54, 1.807) is 13.2 Å². The van der Waals surface area contributed by atoms with E-state index in [4.69, 9.17) is 4.74 Å². The smallest absolute Gasteiger partial charge is 0.161 e. The molecule has 1 unspecified atom stereocenters. The topological polar surface area (TPSA) is 29.5 Å². The van der Waals surface area contributed by atoms with Gasteiger partial charge in [-0.3, -0.25) is 0 Å². The van der Waals surface area contributed by atoms with Crippen molar-refractivity contribution in [1.29, 1.82) is 0 Å². The largest absolute Gasteiger partial charge is 0.504 e. The zero-order valence-corrected chi connectivity index (χ0v) is 15.6. The van der Waals surface area contributed by atoms with E-state index < -0.39 is 0 Å². The third-order valence-electron chi connectivity index (χ3n) is 4.00. The summed E-state index contributed by atoms with van der Waals surface area (Å²) in [6.45, 7) is 6.59. The van der Waals surface area contributed by atoms with E-state index >= 15 is 0 Å². The lowest BCUT2D eigenvalue weighted by Gasteiger charge is -2.08. The van der Waals surface area contributed by atoms with Gasteiger partial charge < -0.3 is 9.84 Å². The Balaban J connectivity index is 2.02. The van der Waals surface area contributed by atoms with Gasteiger partial charge in [-0.2, -0.15) is 0 Å². The van der Waals surface area contributed by atoms with Gasteiger partial charge in [0.25, 0.3) is 0 Å². The molecule has 2 aromatic carbocycles. The first-order valence-corrected chi connectivity index (χ1v) is 8.80. The summed E-state index contributed by atoms with van der Waals surface area (Å²) in [7, 11) is 1.56. The van der Waals surface area contributed by atoms with Gasteiger partial charge in [-0.05, 0) is 47.1 Å². The van der Waals surface area contributed by atoms with Crippen LogP contribution in [-0.4, -0.2) is 12.2 Å². The number of allylic oxidation sites excluding steroid dienone is 2. The third kappa shape index (κ3) is 6.15. The highest BCUT2D eigenvalue weighted by molar-refractivity contribution is 5.56. The molecule has 25 heavy (non-hydrogen) atoms. The second-order valence-electron chi connectivity index (χ2n) is 6.82. The van der Waals surface area contributed by atoms with Crippen LogP contribution in [0.15, 0.2) is 54.6 Å². The molecule has 2 nitrogen and oxygen atoms in total. The maximum absolute atomic E-state index is 9.66. The van der Waals surface area contributed by atoms with Crippen molar-refractivity contribution < 1.29 is 9.84 Å². The van der Waals surface area contributed by atoms with Crippen molar-refractivity contribution in [3.05, 3.63) is 71.3 Å². The number of hydrogen-bond acceptors (Lipinski definition) is 2. The number of phenols is 1. The first-order valence-electron chi connectivity index (χ1n) is 8.80. The molecule has 0 saturated carbocycles. The van der Waals surface area contributed by atoms with Gasteiger partial charge in [-0.1, -0.05) is 75.4 Å². The van der Waals surface area contributed by atoms with Crippen LogP contribution in [0.4, 0.5) is 0 Å². The lowest BCUT2D eigenvalue weighted by atomic mass is 9.98. The molecule has 132 valence electrons. The molecule has 2 rings (SSSR count). The van der Waals surface area contributed by atoms with Crippen LogP contribution in [0.5, 0.6) is 11.5 Å². The molecule has 1 atom stereocenters. The van der Waals surface area contributed by atoms with Crippen molar-refractivity contribution in [2.24, 2.45) is 11.8 Å². The van der Waals surface area contributed by atoms with Gasteiger partial charge in [0, 0.05) is 0 Å². The molecular formula is C23H28O2. The summed E-state index contributed by atoms with van der Waals surface area (Å²) < 4.78 is 5.15. The molecule has 0 spiro atoms. The zero-order valence-electron chi connectivity index (χ0n) is 15.6. The first-order chi connectivity index (χ1) is 12.0. The first kappa shape index (κ1) is 18.9. The Kier molecular flexibility index (Phi) is 6.88. The zero-order chi connectivity index (χ0) is 18.2. The summed E-state index contributed by atoms with van der Waals surface area (Å²) in [5.41, 5.74) is 3.62. The van der Waals surface area contributed by atoms with Gasteiger partial charge >= 0.3 is 0 Å². The average molecular weight is 336 g/mol. The van der Waals surface area contributed by atoms with E-state index in [9.17, 15) is 5.11 Å². The van der Waals surface area contributed by atoms with Crippen LogP contribution in [0.1, 0.15) is 37.5 Å². The van der Waals surface area contributed by atoms with Crippen molar-refractivity contribution >= 4 is 12.2 Å². The number of ether oxygens (including phenoxy) is 1. The fourth-order valence-electron chi connectivity index (χ4n) is 2.64. The Hall–Kier alpha value is -2.48. The minimum atomic E-state index is 0.166. The molecular weight excluding hydrogens is 308 g/mol. The molecule has 0 aromatic heterocycles. The highest BCUT2D eigenvalue weighted by atomic mass is 16.5. The van der Waals surface area contributed by atoms with Crippen molar-refractivity contribution in [3.8, 4) is 11.5 Å². The molecule has 0 amide bonds. The highest BCUT2D eigenvalue weighted by Gasteiger charge is 2.03. The molecule has 0 heterocycles. The number of hydrogen-bond donors (Lipinski definition) is 1. The van der Waals surface area contributed by atoms with E-state index in [-0.39, 0.29) is 5.75 Å². The van der Waals surface area contributed by atoms with E-state index in [0.717, 1.165) is 12.0 Å². The Morgan fingerprint density at radius 2 is 1.68 bits per heavy atom. The summed E-state index contributed by atoms with van der Waals surface area (Å²) in [6.07, 6.45) is 9.69. The van der Waals surface area contributed by atoms with E-state index in [1.165, 1.54) is 11.1 Å². The summed E-state index contributed by atoms with van der Waals surface area (Å²) in [5.74, 6) is 1.65. The maximum atomic E-state index is 9.66. The van der Waals surface area contributed by atoms with E-state index in [1.807, 2.05) is 12.1 Å². The highest BCUT2D eigenvalue weighted by Crippen LogP contribution is 2.27. The van der Waals surface area contributed by atoms with Crippen molar-refractivity contribution in [2.75, 3.05) is 7.11 Å². The van der Waals surface area contributed by atoms with Gasteiger partial charge in [0.15, 0.2) is 11.5 Å². The Labute approximate surface area is 151 Å². The van der Waals surface area contributed by atoms with Crippen molar-refractivity contribution in [1.82, 2.24) is 0 Å². The minimum absolute atomic E-state index is 0.166. The second kappa shape index (κ2) is 9.12. The fourth-order valence-corrected chi connectivity index (χ4v) is 2.64. The fraction of sp³-hybridized carbons (Fsp3) is 0.304. The molecule has 2 aromatic rings. The molecule has 0 radical (unpaired) electrons. The molecule has 0 aliphatic carbocycles. The Bertz CT molecular complexity index is 742. The average Bonchev–Trinajstić information content (AvgIpc) is 2.59. The Morgan fingerprint density at radius 1 is 0.960 bits per heavy atom. The molecule has 0 aliphatic rings. The van der Waals surface area contributed by atoms with Crippen LogP contribution in [0.2, 0.25) is 0 Å². The van der Waals surface area contributed by atoms with E-state index in [2.05, 4.69) is 69.3 Å². The normalized spacial score (nSPS) is 13.0. The number of rotatable bonds is 7. The SMILES string of the molecule is COc1cc(C=CC(C)Cc2cccc(/C=C/C(C)C)c2)ccc1O. The van der Waals surface area contributed by atoms with Crippen LogP contribution < -0.4 is 4.74 Å². The minimum Gasteiger partial charge on any atom is -0.504 e. The van der Waals surface area contributed by atoms with Crippen LogP contribution in [0.25, 0.3) is 12.2 Å². The number of phenolic OH excluding ortho intramolecular Hbond substituents is 1. The third-order valence-corrected chi connectivity index (χ3v) is 4.00. The van der Waals surface area contributed by atoms with Crippen LogP contribution >= 0.6 is 0 Å². The van der Waals surface area contributed by atoms with Crippen molar-refractivity contribution in [3.63, 3.8) is 0 Å². The number of methoxy groups -OCH3 is 1. The Morgan fingerprint density at radius 3 is 2.40 bits per heavy atom. The van der Waals surface area contributed by atoms with Crippen LogP contribution in [0, 0.1) is 11.8 Å². The second-order valence-corrected chi connectivity index (χ2v) is 6.82. The summed E-state index contributed by atoms with van der Waals surface area (Å²) in [6, 6.07) is 14.1. The predicted molar refractivity (Wildman–Crippen MR) is 107 cm³/mol. The van der Waals surface area contributed by atoms with E-state index in [0.29, 0.717) is 17.6 Å². The summed E-state index contributed by atoms with van der Waals surface area (Å²) in [5, 5.41) is 9.66. The van der Waals surface area contributed by atoms with Gasteiger partial charge in [-0.25, -0.2) is 0 Å². The van der Waals surface area contributed by atoms with Crippen LogP contribution in [-0.2, 0) is 6.42 Å². The summed E-state index contributed by atoms with van der Waals surface area (Å²) in [4.78, 5) is 0. The molecule has 0 fully saturated rings. The molecule has 0 saturated heterocycles. The van der Waals surface area contributed by atoms with Gasteiger partial charge in [-0.15, -0.1) is 0 Å². The van der Waals surface area contributed by atoms with Crippen molar-refractivity contribution in [2.45, 2.75) is 27.2 Å². The number of aromatic hydroxyl groups is 1. The van der Waals surface area contributed by atoms with Crippen LogP contribution in [0.3, 0.4) is 0 Å². The summed E-state index contributed by atoms with van der Waals surface area (Å²) >= 11 is 0. The molecule has 0 bridgehead atoms.